The average molecular weight is 594 g/mol. The van der Waals surface area contributed by atoms with E-state index in [1.165, 1.54) is 154 Å². The molecule has 0 aromatic rings. The minimum absolute atomic E-state index is 0.267. The van der Waals surface area contributed by atoms with Crippen molar-refractivity contribution in [3.63, 3.8) is 0 Å². The monoisotopic (exact) mass is 594 g/mol. The number of unbranched alkanes of at least 4 members (excludes halogenated alkanes) is 28. The highest BCUT2D eigenvalue weighted by Crippen LogP contribution is 2.15. The van der Waals surface area contributed by atoms with Crippen LogP contribution in [0.5, 0.6) is 0 Å². The predicted octanol–water partition coefficient (Wildman–Crippen LogP) is 12.4. The zero-order valence-corrected chi connectivity index (χ0v) is 28.2. The molecule has 0 unspecified atom stereocenters. The molecule has 0 spiro atoms. The number of oxime groups is 1. The summed E-state index contributed by atoms with van der Waals surface area (Å²) in [5.41, 5.74) is 0. The van der Waals surface area contributed by atoms with Crippen molar-refractivity contribution < 1.29 is 19.5 Å². The highest BCUT2D eigenvalue weighted by molar-refractivity contribution is 6.37. The summed E-state index contributed by atoms with van der Waals surface area (Å²) in [6.07, 6.45) is 38.7. The smallest absolute Gasteiger partial charge is 0.312 e. The molecule has 0 atom stereocenters. The molecule has 0 amide bonds. The normalized spacial score (nSPS) is 11.7. The maximum absolute atomic E-state index is 12.3. The molecule has 42 heavy (non-hydrogen) atoms. The van der Waals surface area contributed by atoms with E-state index < -0.39 is 11.9 Å². The largest absolute Gasteiger partial charge is 0.408 e. The summed E-state index contributed by atoms with van der Waals surface area (Å²) in [5, 5.41) is 12.1. The summed E-state index contributed by atoms with van der Waals surface area (Å²) in [6, 6.07) is 0. The van der Waals surface area contributed by atoms with Crippen molar-refractivity contribution in [2.24, 2.45) is 5.16 Å². The Morgan fingerprint density at radius 1 is 0.429 bits per heavy atom. The number of carbonyl (C=O) groups is 2. The van der Waals surface area contributed by atoms with Crippen LogP contribution in [-0.4, -0.2) is 22.9 Å². The molecule has 5 nitrogen and oxygen atoms in total. The van der Waals surface area contributed by atoms with Gasteiger partial charge in [0.05, 0.1) is 0 Å². The van der Waals surface area contributed by atoms with Crippen LogP contribution in [0.1, 0.15) is 219 Å². The van der Waals surface area contributed by atoms with Gasteiger partial charge in [0.15, 0.2) is 0 Å². The van der Waals surface area contributed by atoms with Gasteiger partial charge in [-0.05, 0) is 18.0 Å². The Bertz CT molecular complexity index is 619. The maximum Gasteiger partial charge on any atom is 0.312 e. The lowest BCUT2D eigenvalue weighted by Crippen LogP contribution is -2.21. The van der Waals surface area contributed by atoms with Crippen molar-refractivity contribution >= 4 is 17.7 Å². The Labute approximate surface area is 261 Å². The minimum atomic E-state index is -0.470. The lowest BCUT2D eigenvalue weighted by atomic mass is 10.0. The van der Waals surface area contributed by atoms with Gasteiger partial charge in [0.25, 0.3) is 0 Å². The summed E-state index contributed by atoms with van der Waals surface area (Å²) >= 11 is 0. The fourth-order valence-corrected chi connectivity index (χ4v) is 5.70. The van der Waals surface area contributed by atoms with Gasteiger partial charge in [0.1, 0.15) is 0 Å². The molecule has 248 valence electrons. The van der Waals surface area contributed by atoms with Crippen LogP contribution in [0.4, 0.5) is 0 Å². The van der Waals surface area contributed by atoms with Crippen molar-refractivity contribution in [3.05, 3.63) is 0 Å². The number of nitrogens with zero attached hydrogens (tertiary/aromatic N) is 1. The quantitative estimate of drug-likeness (QED) is 0.0205. The molecule has 0 aromatic carbocycles. The summed E-state index contributed by atoms with van der Waals surface area (Å²) in [4.78, 5) is 24.4. The van der Waals surface area contributed by atoms with Gasteiger partial charge in [-0.3, -0.25) is 9.59 Å². The average Bonchev–Trinajstić information content (AvgIpc) is 2.99. The van der Waals surface area contributed by atoms with E-state index in [9.17, 15) is 9.59 Å². The molecule has 0 aliphatic rings. The van der Waals surface area contributed by atoms with Crippen LogP contribution >= 0.6 is 0 Å². The number of ether oxygens (including phenoxy) is 1. The lowest BCUT2D eigenvalue weighted by molar-refractivity contribution is -0.137. The van der Waals surface area contributed by atoms with Gasteiger partial charge in [0, 0.05) is 12.8 Å². The molecule has 5 heteroatoms. The first-order chi connectivity index (χ1) is 20.7. The van der Waals surface area contributed by atoms with E-state index in [2.05, 4.69) is 19.0 Å². The summed E-state index contributed by atoms with van der Waals surface area (Å²) in [5.74, 6) is -1.29. The fraction of sp³-hybridized carbons (Fsp3) is 0.919. The lowest BCUT2D eigenvalue weighted by Gasteiger charge is -2.06. The van der Waals surface area contributed by atoms with Crippen LogP contribution in [0.2, 0.25) is 0 Å². The molecule has 0 saturated carbocycles. The number of ketones is 1. The Morgan fingerprint density at radius 3 is 0.976 bits per heavy atom. The molecule has 0 aliphatic carbocycles. The van der Waals surface area contributed by atoms with Crippen molar-refractivity contribution in [2.75, 3.05) is 0 Å². The second-order valence-corrected chi connectivity index (χ2v) is 12.7. The third-order valence-electron chi connectivity index (χ3n) is 8.53. The van der Waals surface area contributed by atoms with Crippen LogP contribution in [0, 0.1) is 0 Å². The maximum atomic E-state index is 12.3. The molecule has 0 bridgehead atoms. The van der Waals surface area contributed by atoms with Crippen LogP contribution in [0.25, 0.3) is 0 Å². The first-order valence-corrected chi connectivity index (χ1v) is 18.6. The topological polar surface area (TPSA) is 76.0 Å². The van der Waals surface area contributed by atoms with Crippen molar-refractivity contribution in [3.8, 4) is 0 Å². The number of hydrogen-bond donors (Lipinski definition) is 1. The number of esters is 1. The van der Waals surface area contributed by atoms with E-state index >= 15 is 0 Å². The fourth-order valence-electron chi connectivity index (χ4n) is 5.70. The molecule has 0 heterocycles. The zero-order chi connectivity index (χ0) is 30.8. The number of carbonyl (C=O) groups excluding carboxylic acids is 2. The number of hydrogen-bond acceptors (Lipinski definition) is 5. The molecular formula is C37H71NO4. The molecule has 0 aromatic heterocycles. The predicted molar refractivity (Wildman–Crippen MR) is 179 cm³/mol. The zero-order valence-electron chi connectivity index (χ0n) is 28.2. The van der Waals surface area contributed by atoms with Gasteiger partial charge >= 0.3 is 11.9 Å². The van der Waals surface area contributed by atoms with Crippen molar-refractivity contribution in [2.45, 2.75) is 219 Å². The van der Waals surface area contributed by atoms with E-state index in [1.54, 1.807) is 0 Å². The standard InChI is InChI=1S/C37H71NO4/c1-3-5-7-9-11-13-15-17-19-21-23-25-27-29-31-33-35(39)37(38-41)42-36(40)34-32-30-28-26-24-22-20-18-16-14-12-10-8-6-4-2/h41H,3-34H2,1-2H3/b38-37+. The first-order valence-electron chi connectivity index (χ1n) is 18.6. The summed E-state index contributed by atoms with van der Waals surface area (Å²) < 4.78 is 5.07. The number of rotatable bonds is 33. The van der Waals surface area contributed by atoms with E-state index in [0.717, 1.165) is 38.5 Å². The van der Waals surface area contributed by atoms with Gasteiger partial charge in [0.2, 0.25) is 5.78 Å². The molecule has 1 N–H and O–H groups in total. The van der Waals surface area contributed by atoms with E-state index in [1.807, 2.05) is 0 Å². The number of Topliss-reactive ketones (excluding diaryl/α,β-unsaturated/α-hetero) is 1. The van der Waals surface area contributed by atoms with E-state index in [4.69, 9.17) is 9.94 Å². The Kier molecular flexibility index (Phi) is 33.0. The van der Waals surface area contributed by atoms with Crippen LogP contribution in [0.3, 0.4) is 0 Å². The van der Waals surface area contributed by atoms with Gasteiger partial charge < -0.3 is 9.94 Å². The van der Waals surface area contributed by atoms with E-state index in [0.29, 0.717) is 0 Å². The molecule has 0 aliphatic heterocycles. The Hall–Kier alpha value is -1.39. The molecule has 0 rings (SSSR count). The second kappa shape index (κ2) is 34.1. The van der Waals surface area contributed by atoms with Gasteiger partial charge in [-0.25, -0.2) is 0 Å². The molecule has 0 radical (unpaired) electrons. The summed E-state index contributed by atoms with van der Waals surface area (Å²) in [7, 11) is 0. The Morgan fingerprint density at radius 2 is 0.690 bits per heavy atom. The van der Waals surface area contributed by atoms with Gasteiger partial charge in [-0.2, -0.15) is 0 Å². The van der Waals surface area contributed by atoms with Crippen LogP contribution in [0.15, 0.2) is 5.16 Å². The third-order valence-corrected chi connectivity index (χ3v) is 8.53. The highest BCUT2D eigenvalue weighted by atomic mass is 16.6. The summed E-state index contributed by atoms with van der Waals surface area (Å²) in [6.45, 7) is 4.53. The molecule has 0 fully saturated rings. The highest BCUT2D eigenvalue weighted by Gasteiger charge is 2.17. The van der Waals surface area contributed by atoms with Crippen molar-refractivity contribution in [1.82, 2.24) is 0 Å². The SMILES string of the molecule is CCCCCCCCCCCCCCCCCC(=O)O/C(=N/O)C(=O)CCCCCCCCCCCCCCCCC. The minimum Gasteiger partial charge on any atom is -0.408 e. The van der Waals surface area contributed by atoms with Crippen LogP contribution in [-0.2, 0) is 14.3 Å². The molecular weight excluding hydrogens is 522 g/mol. The van der Waals surface area contributed by atoms with Gasteiger partial charge in [-0.1, -0.05) is 194 Å². The van der Waals surface area contributed by atoms with Crippen molar-refractivity contribution in [1.29, 1.82) is 0 Å². The van der Waals surface area contributed by atoms with E-state index in [-0.39, 0.29) is 18.6 Å². The Balaban J connectivity index is 3.53. The molecule has 0 saturated heterocycles. The third kappa shape index (κ3) is 30.1. The first kappa shape index (κ1) is 40.6. The van der Waals surface area contributed by atoms with Gasteiger partial charge in [-0.15, -0.1) is 0 Å². The van der Waals surface area contributed by atoms with Crippen LogP contribution < -0.4 is 0 Å². The second-order valence-electron chi connectivity index (χ2n) is 12.7.